The van der Waals surface area contributed by atoms with Gasteiger partial charge in [0.1, 0.15) is 0 Å². The molecule has 0 atom stereocenters. The summed E-state index contributed by atoms with van der Waals surface area (Å²) in [6.45, 7) is 0.380. The summed E-state index contributed by atoms with van der Waals surface area (Å²) in [5.41, 5.74) is 6.60. The van der Waals surface area contributed by atoms with Gasteiger partial charge in [-0.2, -0.15) is 0 Å². The normalized spacial score (nSPS) is 14.7. The lowest BCUT2D eigenvalue weighted by Crippen LogP contribution is -2.12. The molecular weight excluding hydrogens is 312 g/mol. The van der Waals surface area contributed by atoms with E-state index in [0.717, 1.165) is 0 Å². The third-order valence-corrected chi connectivity index (χ3v) is 5.20. The van der Waals surface area contributed by atoms with Gasteiger partial charge in [-0.05, 0) is 29.8 Å². The van der Waals surface area contributed by atoms with Crippen LogP contribution in [0, 0.1) is 0 Å². The average molecular weight is 325 g/mol. The number of primary amides is 1. The molecule has 0 spiro atoms. The van der Waals surface area contributed by atoms with Crippen LogP contribution in [0.5, 0.6) is 0 Å². The van der Waals surface area contributed by atoms with Crippen molar-refractivity contribution in [3.63, 3.8) is 0 Å². The quantitative estimate of drug-likeness (QED) is 0.839. The number of benzene rings is 2. The molecule has 0 fully saturated rings. The van der Waals surface area contributed by atoms with Crippen molar-refractivity contribution < 1.29 is 13.2 Å². The number of nitrogens with one attached hydrogen (secondary N) is 1. The first kappa shape index (κ1) is 15.3. The van der Waals surface area contributed by atoms with Gasteiger partial charge in [0.05, 0.1) is 15.5 Å². The van der Waals surface area contributed by atoms with Crippen LogP contribution in [0.1, 0.15) is 15.9 Å². The van der Waals surface area contributed by atoms with Gasteiger partial charge in [0.2, 0.25) is 15.7 Å². The Morgan fingerprint density at radius 1 is 1.10 bits per heavy atom. The van der Waals surface area contributed by atoms with Crippen molar-refractivity contribution in [1.82, 2.24) is 0 Å². The summed E-state index contributed by atoms with van der Waals surface area (Å²) in [4.78, 5) is 11.6. The van der Waals surface area contributed by atoms with Crippen LogP contribution >= 0.6 is 12.4 Å². The maximum Gasteiger partial charge on any atom is 0.248 e. The Bertz CT molecular complexity index is 819. The fourth-order valence-electron chi connectivity index (χ4n) is 2.28. The molecule has 5 nitrogen and oxygen atoms in total. The molecule has 0 radical (unpaired) electrons. The zero-order chi connectivity index (χ0) is 14.3. The summed E-state index contributed by atoms with van der Waals surface area (Å²) in [5.74, 6) is -0.589. The molecule has 0 aliphatic carbocycles. The third kappa shape index (κ3) is 2.48. The Morgan fingerprint density at radius 2 is 1.81 bits per heavy atom. The Kier molecular flexibility index (Phi) is 3.93. The highest BCUT2D eigenvalue weighted by Gasteiger charge is 2.27. The van der Waals surface area contributed by atoms with Crippen LogP contribution in [0.4, 0.5) is 5.69 Å². The number of fused-ring (bicyclic) bond motifs is 2. The molecule has 21 heavy (non-hydrogen) atoms. The number of nitrogens with two attached hydrogens (primary N) is 1. The first-order chi connectivity index (χ1) is 9.50. The molecule has 0 saturated carbocycles. The second-order valence-corrected chi connectivity index (χ2v) is 6.43. The van der Waals surface area contributed by atoms with Gasteiger partial charge in [-0.3, -0.25) is 4.79 Å². The van der Waals surface area contributed by atoms with Gasteiger partial charge >= 0.3 is 0 Å². The van der Waals surface area contributed by atoms with Crippen molar-refractivity contribution in [2.75, 3.05) is 5.32 Å². The van der Waals surface area contributed by atoms with Gasteiger partial charge in [0.15, 0.2) is 0 Å². The molecule has 0 saturated heterocycles. The smallest absolute Gasteiger partial charge is 0.248 e. The first-order valence-corrected chi connectivity index (χ1v) is 7.49. The van der Waals surface area contributed by atoms with Crippen molar-refractivity contribution in [1.29, 1.82) is 0 Å². The van der Waals surface area contributed by atoms with Gasteiger partial charge in [-0.15, -0.1) is 12.4 Å². The van der Waals surface area contributed by atoms with E-state index in [1.807, 2.05) is 0 Å². The molecular formula is C14H13ClN2O3S. The number of halogens is 1. The van der Waals surface area contributed by atoms with E-state index >= 15 is 0 Å². The Balaban J connectivity index is 0.00000161. The fourth-order valence-corrected chi connectivity index (χ4v) is 3.92. The van der Waals surface area contributed by atoms with Crippen LogP contribution in [0.2, 0.25) is 0 Å². The SMILES string of the molecule is Cl.NC(=O)c1ccc2c(c1)NCc1ccccc1S2(=O)=O. The lowest BCUT2D eigenvalue weighted by molar-refractivity contribution is 0.1000. The number of sulfone groups is 1. The second-order valence-electron chi connectivity index (χ2n) is 4.54. The summed E-state index contributed by atoms with van der Waals surface area (Å²) < 4.78 is 25.3. The van der Waals surface area contributed by atoms with E-state index in [2.05, 4.69) is 5.32 Å². The minimum absolute atomic E-state index is 0. The minimum atomic E-state index is -3.59. The zero-order valence-electron chi connectivity index (χ0n) is 10.9. The standard InChI is InChI=1S/C14H12N2O3S.ClH/c15-14(17)9-5-6-13-11(7-9)16-8-10-3-1-2-4-12(10)20(13,18)19;/h1-7,16H,8H2,(H2,15,17);1H. The molecule has 7 heteroatoms. The maximum absolute atomic E-state index is 12.6. The molecule has 2 aromatic rings. The molecule has 1 heterocycles. The van der Waals surface area contributed by atoms with Crippen LogP contribution in [-0.4, -0.2) is 14.3 Å². The van der Waals surface area contributed by atoms with E-state index in [4.69, 9.17) is 5.73 Å². The molecule has 1 amide bonds. The predicted octanol–water partition coefficient (Wildman–Crippen LogP) is 1.97. The van der Waals surface area contributed by atoms with E-state index in [1.165, 1.54) is 18.2 Å². The summed E-state index contributed by atoms with van der Waals surface area (Å²) >= 11 is 0. The van der Waals surface area contributed by atoms with Gasteiger partial charge in [-0.1, -0.05) is 18.2 Å². The van der Waals surface area contributed by atoms with E-state index in [0.29, 0.717) is 17.8 Å². The van der Waals surface area contributed by atoms with Gasteiger partial charge in [-0.25, -0.2) is 8.42 Å². The van der Waals surface area contributed by atoms with Gasteiger partial charge in [0.25, 0.3) is 0 Å². The third-order valence-electron chi connectivity index (χ3n) is 3.29. The summed E-state index contributed by atoms with van der Waals surface area (Å²) in [7, 11) is -3.59. The van der Waals surface area contributed by atoms with E-state index in [9.17, 15) is 13.2 Å². The topological polar surface area (TPSA) is 89.3 Å². The van der Waals surface area contributed by atoms with Gasteiger partial charge in [0, 0.05) is 12.1 Å². The Hall–Kier alpha value is -2.05. The number of hydrogen-bond donors (Lipinski definition) is 2. The largest absolute Gasteiger partial charge is 0.380 e. The second kappa shape index (κ2) is 5.38. The molecule has 3 N–H and O–H groups in total. The fraction of sp³-hybridized carbons (Fsp3) is 0.0714. The van der Waals surface area contributed by atoms with Crippen molar-refractivity contribution in [3.05, 3.63) is 53.6 Å². The monoisotopic (exact) mass is 324 g/mol. The lowest BCUT2D eigenvalue weighted by atomic mass is 10.2. The number of hydrogen-bond acceptors (Lipinski definition) is 4. The lowest BCUT2D eigenvalue weighted by Gasteiger charge is -2.08. The van der Waals surface area contributed by atoms with Crippen LogP contribution in [0.3, 0.4) is 0 Å². The minimum Gasteiger partial charge on any atom is -0.380 e. The van der Waals surface area contributed by atoms with Crippen LogP contribution < -0.4 is 11.1 Å². The molecule has 110 valence electrons. The number of rotatable bonds is 1. The first-order valence-electron chi connectivity index (χ1n) is 6.01. The molecule has 0 unspecified atom stereocenters. The molecule has 2 aromatic carbocycles. The Labute approximate surface area is 128 Å². The highest BCUT2D eigenvalue weighted by molar-refractivity contribution is 7.91. The number of anilines is 1. The van der Waals surface area contributed by atoms with Crippen LogP contribution in [0.25, 0.3) is 0 Å². The van der Waals surface area contributed by atoms with Crippen molar-refractivity contribution in [2.45, 2.75) is 16.3 Å². The van der Waals surface area contributed by atoms with E-state index in [1.54, 1.807) is 24.3 Å². The zero-order valence-corrected chi connectivity index (χ0v) is 12.5. The summed E-state index contributed by atoms with van der Waals surface area (Å²) in [6, 6.07) is 11.2. The van der Waals surface area contributed by atoms with E-state index in [-0.39, 0.29) is 27.8 Å². The van der Waals surface area contributed by atoms with Crippen LogP contribution in [0.15, 0.2) is 52.3 Å². The highest BCUT2D eigenvalue weighted by Crippen LogP contribution is 2.33. The predicted molar refractivity (Wildman–Crippen MR) is 81.4 cm³/mol. The molecule has 1 aliphatic rings. The molecule has 0 aromatic heterocycles. The molecule has 0 bridgehead atoms. The number of carbonyl (C=O) groups is 1. The maximum atomic E-state index is 12.6. The van der Waals surface area contributed by atoms with Crippen molar-refractivity contribution in [2.24, 2.45) is 5.73 Å². The van der Waals surface area contributed by atoms with Crippen LogP contribution in [-0.2, 0) is 16.4 Å². The van der Waals surface area contributed by atoms with Crippen molar-refractivity contribution in [3.8, 4) is 0 Å². The Morgan fingerprint density at radius 3 is 2.52 bits per heavy atom. The molecule has 3 rings (SSSR count). The summed E-state index contributed by atoms with van der Waals surface area (Å²) in [5, 5.41) is 3.05. The number of amides is 1. The highest BCUT2D eigenvalue weighted by atomic mass is 35.5. The summed E-state index contributed by atoms with van der Waals surface area (Å²) in [6.07, 6.45) is 0. The van der Waals surface area contributed by atoms with Crippen molar-refractivity contribution >= 4 is 33.8 Å². The number of carbonyl (C=O) groups excluding carboxylic acids is 1. The average Bonchev–Trinajstić information content (AvgIpc) is 2.55. The molecule has 1 aliphatic heterocycles. The van der Waals surface area contributed by atoms with E-state index < -0.39 is 15.7 Å². The van der Waals surface area contributed by atoms with Gasteiger partial charge < -0.3 is 11.1 Å².